The number of carboxylic acid groups (broad SMARTS) is 1. The molecule has 2 aromatic rings. The smallest absolute Gasteiger partial charge is 0.303 e. The molecular weight excluding hydrogens is 332 g/mol. The van der Waals surface area contributed by atoms with Gasteiger partial charge in [-0.25, -0.2) is 0 Å². The van der Waals surface area contributed by atoms with Gasteiger partial charge in [0.15, 0.2) is 5.78 Å². The van der Waals surface area contributed by atoms with Crippen molar-refractivity contribution in [2.24, 2.45) is 0 Å². The van der Waals surface area contributed by atoms with E-state index in [1.807, 2.05) is 0 Å². The zero-order valence-corrected chi connectivity index (χ0v) is 14.5. The van der Waals surface area contributed by atoms with Crippen molar-refractivity contribution < 1.29 is 19.5 Å². The number of benzene rings is 1. The van der Waals surface area contributed by atoms with Crippen LogP contribution in [0, 0.1) is 0 Å². The lowest BCUT2D eigenvalue weighted by molar-refractivity contribution is -0.137. The van der Waals surface area contributed by atoms with Crippen LogP contribution in [0.4, 0.5) is 0 Å². The highest BCUT2D eigenvalue weighted by atomic mass is 16.4. The summed E-state index contributed by atoms with van der Waals surface area (Å²) >= 11 is 0. The summed E-state index contributed by atoms with van der Waals surface area (Å²) in [6.45, 7) is 0.646. The topological polar surface area (TPSA) is 90.5 Å². The molecule has 1 fully saturated rings. The highest BCUT2D eigenvalue weighted by molar-refractivity contribution is 6.09. The molecule has 1 amide bonds. The first kappa shape index (κ1) is 17.9. The van der Waals surface area contributed by atoms with Crippen molar-refractivity contribution in [2.75, 3.05) is 6.54 Å². The number of amides is 1. The third kappa shape index (κ3) is 4.02. The third-order valence-electron chi connectivity index (χ3n) is 4.83. The molecule has 136 valence electrons. The number of aromatic nitrogens is 1. The minimum absolute atomic E-state index is 0.0338. The Labute approximate surface area is 151 Å². The van der Waals surface area contributed by atoms with Gasteiger partial charge in [0.25, 0.3) is 5.91 Å². The molecule has 0 radical (unpaired) electrons. The molecule has 0 unspecified atom stereocenters. The average molecular weight is 354 g/mol. The number of hydrogen-bond acceptors (Lipinski definition) is 3. The second-order valence-electron chi connectivity index (χ2n) is 6.59. The number of carbonyl (C=O) groups is 3. The molecule has 0 aliphatic carbocycles. The molecule has 1 aliphatic heterocycles. The van der Waals surface area contributed by atoms with Crippen molar-refractivity contribution in [3.63, 3.8) is 0 Å². The maximum absolute atomic E-state index is 12.9. The minimum Gasteiger partial charge on any atom is -0.481 e. The number of ketones is 1. The van der Waals surface area contributed by atoms with Gasteiger partial charge in [-0.1, -0.05) is 12.1 Å². The molecule has 2 heterocycles. The van der Waals surface area contributed by atoms with Gasteiger partial charge in [0, 0.05) is 48.1 Å². The van der Waals surface area contributed by atoms with Crippen LogP contribution in [-0.2, 0) is 4.79 Å². The Morgan fingerprint density at radius 3 is 2.42 bits per heavy atom. The normalized spacial score (nSPS) is 17.1. The van der Waals surface area contributed by atoms with Gasteiger partial charge in [-0.15, -0.1) is 0 Å². The lowest BCUT2D eigenvalue weighted by Gasteiger charge is -2.35. The van der Waals surface area contributed by atoms with Crippen molar-refractivity contribution in [1.82, 2.24) is 9.88 Å². The van der Waals surface area contributed by atoms with Crippen LogP contribution in [0.1, 0.15) is 58.4 Å². The summed E-state index contributed by atoms with van der Waals surface area (Å²) in [7, 11) is 0. The summed E-state index contributed by atoms with van der Waals surface area (Å²) in [6.07, 6.45) is 6.66. The Morgan fingerprint density at radius 2 is 1.77 bits per heavy atom. The fourth-order valence-corrected chi connectivity index (χ4v) is 3.42. The number of carboxylic acids is 1. The summed E-state index contributed by atoms with van der Waals surface area (Å²) in [5.74, 6) is -1.03. The molecule has 1 aromatic carbocycles. The number of aliphatic carboxylic acids is 1. The Hall–Kier alpha value is -2.89. The largest absolute Gasteiger partial charge is 0.481 e. The number of nitrogens with one attached hydrogen (secondary N) is 1. The zero-order valence-electron chi connectivity index (χ0n) is 14.5. The monoisotopic (exact) mass is 354 g/mol. The van der Waals surface area contributed by atoms with E-state index in [-0.39, 0.29) is 24.2 Å². The van der Waals surface area contributed by atoms with E-state index in [0.29, 0.717) is 29.7 Å². The van der Waals surface area contributed by atoms with Gasteiger partial charge < -0.3 is 15.0 Å². The van der Waals surface area contributed by atoms with Crippen LogP contribution < -0.4 is 0 Å². The third-order valence-corrected chi connectivity index (χ3v) is 4.83. The van der Waals surface area contributed by atoms with Crippen LogP contribution in [0.15, 0.2) is 42.7 Å². The van der Waals surface area contributed by atoms with Gasteiger partial charge in [0.2, 0.25) is 0 Å². The highest BCUT2D eigenvalue weighted by Crippen LogP contribution is 2.23. The fraction of sp³-hybridized carbons (Fsp3) is 0.350. The number of hydrogen-bond donors (Lipinski definition) is 2. The zero-order chi connectivity index (χ0) is 18.5. The standard InChI is InChI=1S/C20H22N2O4/c23-18(24)9-8-17-3-1-2-12-22(17)20(26)15-6-4-14(5-7-15)19(25)16-10-11-21-13-16/h4-7,10-11,13,17,21H,1-3,8-9,12H2,(H,23,24)/t17-/m1/s1. The molecule has 6 nitrogen and oxygen atoms in total. The summed E-state index contributed by atoms with van der Waals surface area (Å²) in [5, 5.41) is 8.91. The Kier molecular flexibility index (Phi) is 5.51. The van der Waals surface area contributed by atoms with Crippen molar-refractivity contribution in [2.45, 2.75) is 38.1 Å². The average Bonchev–Trinajstić information content (AvgIpc) is 3.20. The summed E-state index contributed by atoms with van der Waals surface area (Å²) in [5.41, 5.74) is 1.63. The van der Waals surface area contributed by atoms with Crippen LogP contribution >= 0.6 is 0 Å². The maximum Gasteiger partial charge on any atom is 0.303 e. The molecule has 1 aliphatic rings. The molecule has 0 bridgehead atoms. The molecule has 1 aromatic heterocycles. The Bertz CT molecular complexity index is 781. The van der Waals surface area contributed by atoms with Crippen LogP contribution in [0.3, 0.4) is 0 Å². The van der Waals surface area contributed by atoms with E-state index >= 15 is 0 Å². The lowest BCUT2D eigenvalue weighted by atomic mass is 9.96. The number of nitrogens with zero attached hydrogens (tertiary/aromatic N) is 1. The van der Waals surface area contributed by atoms with Crippen molar-refractivity contribution in [3.05, 3.63) is 59.4 Å². The minimum atomic E-state index is -0.837. The first-order valence-electron chi connectivity index (χ1n) is 8.86. The molecule has 6 heteroatoms. The van der Waals surface area contributed by atoms with E-state index < -0.39 is 5.97 Å². The molecule has 26 heavy (non-hydrogen) atoms. The second kappa shape index (κ2) is 7.99. The first-order valence-corrected chi connectivity index (χ1v) is 8.86. The van der Waals surface area contributed by atoms with Crippen LogP contribution in [0.5, 0.6) is 0 Å². The van der Waals surface area contributed by atoms with Crippen LogP contribution in [-0.4, -0.2) is 45.2 Å². The summed E-state index contributed by atoms with van der Waals surface area (Å²) in [4.78, 5) is 40.7. The number of aromatic amines is 1. The van der Waals surface area contributed by atoms with Crippen molar-refractivity contribution in [1.29, 1.82) is 0 Å². The van der Waals surface area contributed by atoms with E-state index in [2.05, 4.69) is 4.98 Å². The van der Waals surface area contributed by atoms with E-state index in [1.165, 1.54) is 0 Å². The predicted molar refractivity (Wildman–Crippen MR) is 96.2 cm³/mol. The molecule has 1 atom stereocenters. The number of likely N-dealkylation sites (tertiary alicyclic amines) is 1. The van der Waals surface area contributed by atoms with Gasteiger partial charge in [0.05, 0.1) is 0 Å². The molecule has 1 saturated heterocycles. The highest BCUT2D eigenvalue weighted by Gasteiger charge is 2.27. The Morgan fingerprint density at radius 1 is 1.04 bits per heavy atom. The first-order chi connectivity index (χ1) is 12.6. The molecule has 0 saturated carbocycles. The van der Waals surface area contributed by atoms with Crippen molar-refractivity contribution >= 4 is 17.7 Å². The number of piperidine rings is 1. The molecule has 2 N–H and O–H groups in total. The number of carbonyl (C=O) groups excluding carboxylic acids is 2. The van der Waals surface area contributed by atoms with Gasteiger partial charge in [-0.3, -0.25) is 14.4 Å². The van der Waals surface area contributed by atoms with Crippen molar-refractivity contribution in [3.8, 4) is 0 Å². The predicted octanol–water partition coefficient (Wildman–Crippen LogP) is 3.11. The van der Waals surface area contributed by atoms with Crippen LogP contribution in [0.25, 0.3) is 0 Å². The SMILES string of the molecule is O=C(O)CC[C@H]1CCCCN1C(=O)c1ccc(C(=O)c2cc[nH]c2)cc1. The lowest BCUT2D eigenvalue weighted by Crippen LogP contribution is -2.44. The van der Waals surface area contributed by atoms with Gasteiger partial charge in [-0.2, -0.15) is 0 Å². The maximum atomic E-state index is 12.9. The summed E-state index contributed by atoms with van der Waals surface area (Å²) in [6, 6.07) is 8.35. The quantitative estimate of drug-likeness (QED) is 0.780. The number of rotatable bonds is 6. The van der Waals surface area contributed by atoms with Gasteiger partial charge in [0.1, 0.15) is 0 Å². The van der Waals surface area contributed by atoms with Crippen LogP contribution in [0.2, 0.25) is 0 Å². The molecule has 3 rings (SSSR count). The Balaban J connectivity index is 1.72. The van der Waals surface area contributed by atoms with E-state index in [4.69, 9.17) is 5.11 Å². The molecular formula is C20H22N2O4. The second-order valence-corrected chi connectivity index (χ2v) is 6.59. The van der Waals surface area contributed by atoms with E-state index in [0.717, 1.165) is 19.3 Å². The van der Waals surface area contributed by atoms with E-state index in [1.54, 1.807) is 47.6 Å². The fourth-order valence-electron chi connectivity index (χ4n) is 3.42. The van der Waals surface area contributed by atoms with Gasteiger partial charge >= 0.3 is 5.97 Å². The molecule has 0 spiro atoms. The number of H-pyrrole nitrogens is 1. The summed E-state index contributed by atoms with van der Waals surface area (Å²) < 4.78 is 0. The van der Waals surface area contributed by atoms with Gasteiger partial charge in [-0.05, 0) is 43.9 Å². The van der Waals surface area contributed by atoms with E-state index in [9.17, 15) is 14.4 Å².